The number of halogens is 2. The van der Waals surface area contributed by atoms with Crippen molar-refractivity contribution < 1.29 is 4.39 Å². The van der Waals surface area contributed by atoms with Gasteiger partial charge in [-0.1, -0.05) is 17.7 Å². The molecule has 0 saturated carbocycles. The van der Waals surface area contributed by atoms with Crippen molar-refractivity contribution in [2.24, 2.45) is 0 Å². The van der Waals surface area contributed by atoms with Gasteiger partial charge >= 0.3 is 0 Å². The molecule has 0 radical (unpaired) electrons. The molecule has 1 fully saturated rings. The van der Waals surface area contributed by atoms with Gasteiger partial charge < -0.3 is 0 Å². The van der Waals surface area contributed by atoms with Crippen molar-refractivity contribution in [3.05, 3.63) is 57.9 Å². The maximum Gasteiger partial charge on any atom is 0.125 e. The lowest BCUT2D eigenvalue weighted by Gasteiger charge is -2.40. The van der Waals surface area contributed by atoms with Crippen LogP contribution in [0.4, 0.5) is 4.39 Å². The highest BCUT2D eigenvalue weighted by atomic mass is 35.5. The molecule has 2 heterocycles. The first kappa shape index (κ1) is 16.0. The molecule has 1 spiro atoms. The molecule has 126 valence electrons. The second kappa shape index (κ2) is 6.08. The molecule has 5 heteroatoms. The molecule has 0 N–H and O–H groups in total. The molecule has 2 aliphatic rings. The molecule has 1 aliphatic carbocycles. The molecule has 1 aliphatic heterocycles. The van der Waals surface area contributed by atoms with Gasteiger partial charge in [-0.25, -0.2) is 14.4 Å². The molecule has 0 amide bonds. The maximum absolute atomic E-state index is 13.3. The Bertz CT molecular complexity index is 775. The van der Waals surface area contributed by atoms with Crippen LogP contribution in [0.15, 0.2) is 24.4 Å². The summed E-state index contributed by atoms with van der Waals surface area (Å²) < 4.78 is 13.3. The minimum atomic E-state index is -0.282. The molecule has 1 atom stereocenters. The van der Waals surface area contributed by atoms with E-state index < -0.39 is 0 Å². The maximum atomic E-state index is 13.3. The number of hydrogen-bond donors (Lipinski definition) is 0. The van der Waals surface area contributed by atoms with Crippen LogP contribution in [0.2, 0.25) is 5.02 Å². The molecule has 3 nitrogen and oxygen atoms in total. The lowest BCUT2D eigenvalue weighted by molar-refractivity contribution is 0.136. The normalized spacial score (nSPS) is 23.6. The highest BCUT2D eigenvalue weighted by Gasteiger charge is 2.43. The summed E-state index contributed by atoms with van der Waals surface area (Å²) in [6.45, 7) is 4.77. The van der Waals surface area contributed by atoms with Crippen molar-refractivity contribution in [3.8, 4) is 0 Å². The predicted molar refractivity (Wildman–Crippen MR) is 92.7 cm³/mol. The second-order valence-corrected chi connectivity index (χ2v) is 7.53. The largest absolute Gasteiger partial charge is 0.298 e. The van der Waals surface area contributed by atoms with Gasteiger partial charge in [-0.2, -0.15) is 0 Å². The zero-order valence-electron chi connectivity index (χ0n) is 13.9. The Balaban J connectivity index is 1.58. The van der Waals surface area contributed by atoms with Crippen molar-refractivity contribution in [1.29, 1.82) is 0 Å². The van der Waals surface area contributed by atoms with Crippen molar-refractivity contribution in [2.75, 3.05) is 13.1 Å². The number of rotatable bonds is 2. The minimum absolute atomic E-state index is 0.147. The lowest BCUT2D eigenvalue weighted by atomic mass is 9.77. The summed E-state index contributed by atoms with van der Waals surface area (Å²) in [6, 6.07) is 4.69. The fourth-order valence-corrected chi connectivity index (χ4v) is 4.51. The topological polar surface area (TPSA) is 29.0 Å². The number of fused-ring (bicyclic) bond motifs is 2. The Morgan fingerprint density at radius 2 is 2.21 bits per heavy atom. The van der Waals surface area contributed by atoms with E-state index in [1.807, 2.05) is 13.1 Å². The van der Waals surface area contributed by atoms with Gasteiger partial charge in [0.2, 0.25) is 0 Å². The lowest BCUT2D eigenvalue weighted by Crippen LogP contribution is -2.45. The van der Waals surface area contributed by atoms with Gasteiger partial charge in [0.25, 0.3) is 0 Å². The number of piperidine rings is 1. The van der Waals surface area contributed by atoms with Crippen molar-refractivity contribution in [1.82, 2.24) is 14.9 Å². The molecule has 4 rings (SSSR count). The van der Waals surface area contributed by atoms with Gasteiger partial charge in [0.05, 0.1) is 5.69 Å². The van der Waals surface area contributed by atoms with Crippen LogP contribution in [0.3, 0.4) is 0 Å². The van der Waals surface area contributed by atoms with Crippen LogP contribution in [0, 0.1) is 12.7 Å². The standard InChI is InChI=1S/C19H21ClFN3/c1-13-22-10-14-5-7-19(18(14)23-13)6-2-8-24(12-19)11-15-3-4-16(21)9-17(15)20/h3-4,9-10H,2,5-8,11-12H2,1H3. The van der Waals surface area contributed by atoms with Crippen LogP contribution in [-0.4, -0.2) is 28.0 Å². The Morgan fingerprint density at radius 1 is 1.33 bits per heavy atom. The van der Waals surface area contributed by atoms with Gasteiger partial charge in [-0.05, 0) is 62.4 Å². The summed E-state index contributed by atoms with van der Waals surface area (Å²) in [5.41, 5.74) is 3.70. The summed E-state index contributed by atoms with van der Waals surface area (Å²) >= 11 is 6.21. The predicted octanol–water partition coefficient (Wildman–Crippen LogP) is 4.06. The fourth-order valence-electron chi connectivity index (χ4n) is 4.28. The molecule has 1 unspecified atom stereocenters. The third-order valence-electron chi connectivity index (χ3n) is 5.43. The van der Waals surface area contributed by atoms with Crippen molar-refractivity contribution in [3.63, 3.8) is 0 Å². The van der Waals surface area contributed by atoms with Gasteiger partial charge in [0.1, 0.15) is 11.6 Å². The molecule has 24 heavy (non-hydrogen) atoms. The molecule has 2 aromatic rings. The first-order valence-electron chi connectivity index (χ1n) is 8.55. The Labute approximate surface area is 146 Å². The number of benzene rings is 1. The Hall–Kier alpha value is -1.52. The van der Waals surface area contributed by atoms with Gasteiger partial charge in [0.15, 0.2) is 0 Å². The Kier molecular flexibility index (Phi) is 4.05. The zero-order chi connectivity index (χ0) is 16.7. The van der Waals surface area contributed by atoms with Crippen molar-refractivity contribution in [2.45, 2.75) is 44.6 Å². The highest BCUT2D eigenvalue weighted by molar-refractivity contribution is 6.31. The van der Waals surface area contributed by atoms with Gasteiger partial charge in [0, 0.05) is 29.7 Å². The molecule has 0 bridgehead atoms. The molecule has 1 saturated heterocycles. The SMILES string of the molecule is Cc1ncc2c(n1)C1(CCCN(Cc3ccc(F)cc3Cl)C1)CC2. The van der Waals surface area contributed by atoms with E-state index in [0.717, 1.165) is 50.3 Å². The second-order valence-electron chi connectivity index (χ2n) is 7.12. The molecule has 1 aromatic carbocycles. The van der Waals surface area contributed by atoms with E-state index in [4.69, 9.17) is 16.6 Å². The average molecular weight is 346 g/mol. The van der Waals surface area contributed by atoms with E-state index in [2.05, 4.69) is 9.88 Å². The number of nitrogens with zero attached hydrogens (tertiary/aromatic N) is 3. The summed E-state index contributed by atoms with van der Waals surface area (Å²) in [6.07, 6.45) is 6.56. The van der Waals surface area contributed by atoms with Crippen LogP contribution in [0.1, 0.15) is 41.9 Å². The monoisotopic (exact) mass is 345 g/mol. The molecule has 1 aromatic heterocycles. The van der Waals surface area contributed by atoms with E-state index in [0.29, 0.717) is 5.02 Å². The smallest absolute Gasteiger partial charge is 0.125 e. The number of aromatic nitrogens is 2. The van der Waals surface area contributed by atoms with E-state index >= 15 is 0 Å². The highest BCUT2D eigenvalue weighted by Crippen LogP contribution is 2.44. The fraction of sp³-hybridized carbons (Fsp3) is 0.474. The summed E-state index contributed by atoms with van der Waals surface area (Å²) in [5.74, 6) is 0.574. The van der Waals surface area contributed by atoms with E-state index in [9.17, 15) is 4.39 Å². The van der Waals surface area contributed by atoms with Gasteiger partial charge in [-0.15, -0.1) is 0 Å². The average Bonchev–Trinajstić information content (AvgIpc) is 2.88. The van der Waals surface area contributed by atoms with Crippen LogP contribution in [0.5, 0.6) is 0 Å². The van der Waals surface area contributed by atoms with E-state index in [1.165, 1.54) is 29.8 Å². The third kappa shape index (κ3) is 2.82. The van der Waals surface area contributed by atoms with Crippen LogP contribution in [-0.2, 0) is 18.4 Å². The van der Waals surface area contributed by atoms with Crippen LogP contribution >= 0.6 is 11.6 Å². The summed E-state index contributed by atoms with van der Waals surface area (Å²) in [5, 5.41) is 0.514. The first-order valence-corrected chi connectivity index (χ1v) is 8.93. The van der Waals surface area contributed by atoms with Crippen LogP contribution in [0.25, 0.3) is 0 Å². The zero-order valence-corrected chi connectivity index (χ0v) is 14.6. The number of likely N-dealkylation sites (tertiary alicyclic amines) is 1. The van der Waals surface area contributed by atoms with E-state index in [-0.39, 0.29) is 11.2 Å². The molecular weight excluding hydrogens is 325 g/mol. The van der Waals surface area contributed by atoms with E-state index in [1.54, 1.807) is 6.07 Å². The van der Waals surface area contributed by atoms with Gasteiger partial charge in [-0.3, -0.25) is 4.90 Å². The van der Waals surface area contributed by atoms with Crippen molar-refractivity contribution >= 4 is 11.6 Å². The van der Waals surface area contributed by atoms with Crippen LogP contribution < -0.4 is 0 Å². The number of aryl methyl sites for hydroxylation is 2. The number of hydrogen-bond acceptors (Lipinski definition) is 3. The quantitative estimate of drug-likeness (QED) is 0.822. The molecular formula is C19H21ClFN3. The minimum Gasteiger partial charge on any atom is -0.298 e. The first-order chi connectivity index (χ1) is 11.6. The summed E-state index contributed by atoms with van der Waals surface area (Å²) in [7, 11) is 0. The third-order valence-corrected chi connectivity index (χ3v) is 5.78. The Morgan fingerprint density at radius 3 is 3.04 bits per heavy atom. The summed E-state index contributed by atoms with van der Waals surface area (Å²) in [4.78, 5) is 11.6.